The number of aromatic amines is 1. The topological polar surface area (TPSA) is 107 Å². The summed E-state index contributed by atoms with van der Waals surface area (Å²) < 4.78 is 0. The molecule has 31 heavy (non-hydrogen) atoms. The van der Waals surface area contributed by atoms with Crippen molar-refractivity contribution in [2.75, 3.05) is 18.4 Å². The average molecular weight is 426 g/mol. The zero-order chi connectivity index (χ0) is 22.4. The van der Waals surface area contributed by atoms with Gasteiger partial charge in [-0.1, -0.05) is 31.5 Å². The van der Waals surface area contributed by atoms with E-state index in [1.165, 1.54) is 0 Å². The van der Waals surface area contributed by atoms with Crippen LogP contribution < -0.4 is 10.6 Å². The molecule has 0 saturated carbocycles. The van der Waals surface area contributed by atoms with Crippen LogP contribution in [0.3, 0.4) is 0 Å². The molecule has 0 bridgehead atoms. The van der Waals surface area contributed by atoms with Crippen molar-refractivity contribution in [3.63, 3.8) is 0 Å². The van der Waals surface area contributed by atoms with E-state index in [4.69, 9.17) is 0 Å². The molecule has 0 spiro atoms. The summed E-state index contributed by atoms with van der Waals surface area (Å²) in [5.41, 5.74) is 1.72. The van der Waals surface area contributed by atoms with Crippen LogP contribution >= 0.6 is 0 Å². The van der Waals surface area contributed by atoms with Crippen LogP contribution in [0.1, 0.15) is 49.0 Å². The van der Waals surface area contributed by atoms with Gasteiger partial charge in [-0.15, -0.1) is 0 Å². The number of nitrogens with zero attached hydrogens (tertiary/aromatic N) is 2. The van der Waals surface area contributed by atoms with Gasteiger partial charge in [0.1, 0.15) is 11.9 Å². The Bertz CT molecular complexity index is 892. The molecule has 8 nitrogen and oxygen atoms in total. The quantitative estimate of drug-likeness (QED) is 0.634. The standard InChI is InChI=1S/C23H31N5O3/c1-15(2)13-19(22(30)26-20-10-11-24-27-20)25-21(29)18-5-4-12-28(14-18)23(31)17-8-6-16(3)7-9-17/h6-11,15,18-19H,4-5,12-14H2,1-3H3,(H,25,29)(H2,24,26,27,30). The number of amides is 3. The number of hydrogen-bond donors (Lipinski definition) is 3. The number of carbonyl (C=O) groups is 3. The van der Waals surface area contributed by atoms with Gasteiger partial charge < -0.3 is 15.5 Å². The molecule has 1 aromatic carbocycles. The summed E-state index contributed by atoms with van der Waals surface area (Å²) >= 11 is 0. The third kappa shape index (κ3) is 6.16. The van der Waals surface area contributed by atoms with Gasteiger partial charge in [0.05, 0.1) is 12.1 Å². The highest BCUT2D eigenvalue weighted by molar-refractivity contribution is 5.97. The Morgan fingerprint density at radius 3 is 2.58 bits per heavy atom. The first-order chi connectivity index (χ1) is 14.8. The Hall–Kier alpha value is -3.16. The van der Waals surface area contributed by atoms with Gasteiger partial charge in [-0.3, -0.25) is 19.5 Å². The third-order valence-corrected chi connectivity index (χ3v) is 5.48. The highest BCUT2D eigenvalue weighted by Gasteiger charge is 2.31. The van der Waals surface area contributed by atoms with Gasteiger partial charge >= 0.3 is 0 Å². The number of hydrogen-bond acceptors (Lipinski definition) is 4. The first kappa shape index (κ1) is 22.5. The van der Waals surface area contributed by atoms with Crippen LogP contribution in [0.5, 0.6) is 0 Å². The van der Waals surface area contributed by atoms with Gasteiger partial charge in [-0.2, -0.15) is 5.10 Å². The van der Waals surface area contributed by atoms with Gasteiger partial charge in [0.2, 0.25) is 11.8 Å². The fourth-order valence-electron chi connectivity index (χ4n) is 3.79. The van der Waals surface area contributed by atoms with Crippen molar-refractivity contribution < 1.29 is 14.4 Å². The van der Waals surface area contributed by atoms with Crippen molar-refractivity contribution in [2.45, 2.75) is 46.1 Å². The summed E-state index contributed by atoms with van der Waals surface area (Å²) in [4.78, 5) is 40.3. The maximum absolute atomic E-state index is 13.0. The molecular formula is C23H31N5O3. The molecule has 0 radical (unpaired) electrons. The highest BCUT2D eigenvalue weighted by atomic mass is 16.2. The molecule has 1 fully saturated rings. The molecule has 3 rings (SSSR count). The van der Waals surface area contributed by atoms with E-state index >= 15 is 0 Å². The van der Waals surface area contributed by atoms with Gasteiger partial charge in [-0.05, 0) is 44.2 Å². The zero-order valence-electron chi connectivity index (χ0n) is 18.4. The van der Waals surface area contributed by atoms with Crippen molar-refractivity contribution in [1.82, 2.24) is 20.4 Å². The number of rotatable bonds is 7. The largest absolute Gasteiger partial charge is 0.344 e. The number of aromatic nitrogens is 2. The Labute approximate surface area is 182 Å². The number of benzene rings is 1. The summed E-state index contributed by atoms with van der Waals surface area (Å²) in [5.74, 6) is -0.156. The second-order valence-corrected chi connectivity index (χ2v) is 8.61. The molecular weight excluding hydrogens is 394 g/mol. The zero-order valence-corrected chi connectivity index (χ0v) is 18.4. The Kier molecular flexibility index (Phi) is 7.44. The second kappa shape index (κ2) is 10.2. The van der Waals surface area contributed by atoms with E-state index < -0.39 is 6.04 Å². The monoisotopic (exact) mass is 425 g/mol. The van der Waals surface area contributed by atoms with E-state index in [0.29, 0.717) is 37.3 Å². The summed E-state index contributed by atoms with van der Waals surface area (Å²) in [6.07, 6.45) is 3.52. The smallest absolute Gasteiger partial charge is 0.253 e. The maximum atomic E-state index is 13.0. The van der Waals surface area contributed by atoms with E-state index in [9.17, 15) is 14.4 Å². The van der Waals surface area contributed by atoms with Crippen LogP contribution in [-0.4, -0.2) is 52.0 Å². The lowest BCUT2D eigenvalue weighted by atomic mass is 9.95. The molecule has 0 aliphatic carbocycles. The molecule has 1 aliphatic rings. The van der Waals surface area contributed by atoms with Crippen molar-refractivity contribution in [3.8, 4) is 0 Å². The fourth-order valence-corrected chi connectivity index (χ4v) is 3.79. The summed E-state index contributed by atoms with van der Waals surface area (Å²) in [6.45, 7) is 6.98. The Morgan fingerprint density at radius 2 is 1.94 bits per heavy atom. The van der Waals surface area contributed by atoms with Gasteiger partial charge in [0.25, 0.3) is 5.91 Å². The molecule has 1 aliphatic heterocycles. The van der Waals surface area contributed by atoms with Gasteiger partial charge in [0, 0.05) is 24.7 Å². The lowest BCUT2D eigenvalue weighted by Crippen LogP contribution is -2.50. The predicted molar refractivity (Wildman–Crippen MR) is 118 cm³/mol. The number of H-pyrrole nitrogens is 1. The van der Waals surface area contributed by atoms with Crippen LogP contribution in [0.15, 0.2) is 36.5 Å². The highest BCUT2D eigenvalue weighted by Crippen LogP contribution is 2.20. The van der Waals surface area contributed by atoms with Crippen molar-refractivity contribution in [2.24, 2.45) is 11.8 Å². The summed E-state index contributed by atoms with van der Waals surface area (Å²) in [7, 11) is 0. The summed E-state index contributed by atoms with van der Waals surface area (Å²) in [6, 6.07) is 8.47. The predicted octanol–water partition coefficient (Wildman–Crippen LogP) is 2.74. The SMILES string of the molecule is Cc1ccc(C(=O)N2CCCC(C(=O)NC(CC(C)C)C(=O)Nc3ccn[nH]3)C2)cc1. The van der Waals surface area contributed by atoms with E-state index in [-0.39, 0.29) is 29.6 Å². The van der Waals surface area contributed by atoms with Gasteiger partial charge in [-0.25, -0.2) is 0 Å². The normalized spacial score (nSPS) is 17.3. The average Bonchev–Trinajstić information content (AvgIpc) is 3.26. The molecule has 2 atom stereocenters. The van der Waals surface area contributed by atoms with E-state index in [1.807, 2.05) is 45.0 Å². The van der Waals surface area contributed by atoms with Crippen LogP contribution in [0, 0.1) is 18.8 Å². The minimum absolute atomic E-state index is 0.0618. The first-order valence-corrected chi connectivity index (χ1v) is 10.8. The van der Waals surface area contributed by atoms with Crippen LogP contribution in [0.25, 0.3) is 0 Å². The number of anilines is 1. The molecule has 2 unspecified atom stereocenters. The third-order valence-electron chi connectivity index (χ3n) is 5.48. The van der Waals surface area contributed by atoms with Crippen molar-refractivity contribution >= 4 is 23.5 Å². The van der Waals surface area contributed by atoms with E-state index in [2.05, 4.69) is 20.8 Å². The number of piperidine rings is 1. The van der Waals surface area contributed by atoms with Crippen molar-refractivity contribution in [1.29, 1.82) is 0 Å². The molecule has 1 saturated heterocycles. The van der Waals surface area contributed by atoms with Crippen LogP contribution in [0.4, 0.5) is 5.82 Å². The minimum atomic E-state index is -0.654. The van der Waals surface area contributed by atoms with Gasteiger partial charge in [0.15, 0.2) is 0 Å². The van der Waals surface area contributed by atoms with Crippen molar-refractivity contribution in [3.05, 3.63) is 47.7 Å². The first-order valence-electron chi connectivity index (χ1n) is 10.8. The maximum Gasteiger partial charge on any atom is 0.253 e. The molecule has 3 amide bonds. The fraction of sp³-hybridized carbons (Fsp3) is 0.478. The Balaban J connectivity index is 1.63. The molecule has 1 aromatic heterocycles. The lowest BCUT2D eigenvalue weighted by Gasteiger charge is -2.33. The van der Waals surface area contributed by atoms with Crippen LogP contribution in [0.2, 0.25) is 0 Å². The number of nitrogens with one attached hydrogen (secondary N) is 3. The molecule has 2 heterocycles. The molecule has 166 valence electrons. The minimum Gasteiger partial charge on any atom is -0.344 e. The second-order valence-electron chi connectivity index (χ2n) is 8.61. The number of carbonyl (C=O) groups excluding carboxylic acids is 3. The number of likely N-dealkylation sites (tertiary alicyclic amines) is 1. The van der Waals surface area contributed by atoms with Crippen LogP contribution in [-0.2, 0) is 9.59 Å². The lowest BCUT2D eigenvalue weighted by molar-refractivity contribution is -0.130. The molecule has 3 N–H and O–H groups in total. The van der Waals surface area contributed by atoms with E-state index in [0.717, 1.165) is 12.0 Å². The van der Waals surface area contributed by atoms with E-state index in [1.54, 1.807) is 17.2 Å². The summed E-state index contributed by atoms with van der Waals surface area (Å²) in [5, 5.41) is 12.2. The molecule has 8 heteroatoms. The molecule has 2 aromatic rings. The number of aryl methyl sites for hydroxylation is 1. The Morgan fingerprint density at radius 1 is 1.19 bits per heavy atom.